The van der Waals surface area contributed by atoms with E-state index in [4.69, 9.17) is 22.1 Å². The van der Waals surface area contributed by atoms with Crippen LogP contribution < -0.4 is 10.5 Å². The van der Waals surface area contributed by atoms with E-state index in [0.717, 1.165) is 19.4 Å². The zero-order valence-corrected chi connectivity index (χ0v) is 8.57. The van der Waals surface area contributed by atoms with Crippen LogP contribution in [-0.4, -0.2) is 17.6 Å². The molecule has 0 aromatic carbocycles. The van der Waals surface area contributed by atoms with E-state index in [1.54, 1.807) is 18.3 Å². The number of halogens is 1. The van der Waals surface area contributed by atoms with Gasteiger partial charge in [0.2, 0.25) is 5.88 Å². The molecule has 0 unspecified atom stereocenters. The molecular weight excluding hydrogens is 200 g/mol. The number of hydrogen-bond acceptors (Lipinski definition) is 3. The molecule has 0 spiro atoms. The van der Waals surface area contributed by atoms with Gasteiger partial charge in [0.05, 0.1) is 0 Å². The molecule has 2 N–H and O–H groups in total. The van der Waals surface area contributed by atoms with Crippen molar-refractivity contribution in [2.75, 3.05) is 6.54 Å². The molecule has 14 heavy (non-hydrogen) atoms. The molecule has 1 aromatic rings. The molecule has 2 rings (SSSR count). The van der Waals surface area contributed by atoms with Crippen LogP contribution in [0.1, 0.15) is 12.8 Å². The largest absolute Gasteiger partial charge is 0.473 e. The number of nitrogens with two attached hydrogens (primary N) is 1. The van der Waals surface area contributed by atoms with Gasteiger partial charge < -0.3 is 10.5 Å². The quantitative estimate of drug-likeness (QED) is 0.832. The highest BCUT2D eigenvalue weighted by Crippen LogP contribution is 2.32. The predicted octanol–water partition coefficient (Wildman–Crippen LogP) is 1.85. The summed E-state index contributed by atoms with van der Waals surface area (Å²) >= 11 is 5.91. The lowest BCUT2D eigenvalue weighted by Gasteiger charge is -2.34. The SMILES string of the molecule is NCC1CC(Oc2ncccc2Cl)C1. The van der Waals surface area contributed by atoms with E-state index in [-0.39, 0.29) is 6.10 Å². The fourth-order valence-electron chi connectivity index (χ4n) is 1.58. The third-order valence-corrected chi connectivity index (χ3v) is 2.82. The first-order valence-electron chi connectivity index (χ1n) is 4.77. The Morgan fingerprint density at radius 3 is 3.00 bits per heavy atom. The molecule has 1 heterocycles. The molecule has 1 fully saturated rings. The molecule has 0 aliphatic heterocycles. The molecule has 1 saturated carbocycles. The number of aromatic nitrogens is 1. The van der Waals surface area contributed by atoms with Gasteiger partial charge >= 0.3 is 0 Å². The third kappa shape index (κ3) is 1.99. The highest BCUT2D eigenvalue weighted by atomic mass is 35.5. The van der Waals surface area contributed by atoms with Crippen LogP contribution in [0.2, 0.25) is 5.02 Å². The summed E-state index contributed by atoms with van der Waals surface area (Å²) in [4.78, 5) is 4.07. The Labute approximate surface area is 88.2 Å². The minimum atomic E-state index is 0.246. The molecule has 3 nitrogen and oxygen atoms in total. The fourth-order valence-corrected chi connectivity index (χ4v) is 1.75. The number of pyridine rings is 1. The number of nitrogens with zero attached hydrogens (tertiary/aromatic N) is 1. The summed E-state index contributed by atoms with van der Waals surface area (Å²) in [5.41, 5.74) is 5.52. The Morgan fingerprint density at radius 1 is 1.57 bits per heavy atom. The van der Waals surface area contributed by atoms with Crippen LogP contribution in [-0.2, 0) is 0 Å². The minimum Gasteiger partial charge on any atom is -0.473 e. The summed E-state index contributed by atoms with van der Waals surface area (Å²) in [6.07, 6.45) is 3.96. The van der Waals surface area contributed by atoms with E-state index in [1.165, 1.54) is 0 Å². The van der Waals surface area contributed by atoms with Crippen LogP contribution in [0.15, 0.2) is 18.3 Å². The topological polar surface area (TPSA) is 48.1 Å². The summed E-state index contributed by atoms with van der Waals surface area (Å²) in [6, 6.07) is 3.57. The molecular formula is C10H13ClN2O. The molecule has 1 aliphatic carbocycles. The van der Waals surface area contributed by atoms with Crippen LogP contribution in [0.3, 0.4) is 0 Å². The van der Waals surface area contributed by atoms with E-state index < -0.39 is 0 Å². The van der Waals surface area contributed by atoms with Gasteiger partial charge in [0.1, 0.15) is 11.1 Å². The van der Waals surface area contributed by atoms with E-state index in [1.807, 2.05) is 0 Å². The van der Waals surface area contributed by atoms with Gasteiger partial charge in [-0.1, -0.05) is 11.6 Å². The maximum atomic E-state index is 5.91. The summed E-state index contributed by atoms with van der Waals surface area (Å²) in [6.45, 7) is 0.746. The van der Waals surface area contributed by atoms with Crippen molar-refractivity contribution in [3.8, 4) is 5.88 Å². The summed E-state index contributed by atoms with van der Waals surface area (Å²) in [5.74, 6) is 1.15. The van der Waals surface area contributed by atoms with Gasteiger partial charge in [0.15, 0.2) is 0 Å². The van der Waals surface area contributed by atoms with E-state index >= 15 is 0 Å². The summed E-state index contributed by atoms with van der Waals surface area (Å²) in [7, 11) is 0. The van der Waals surface area contributed by atoms with Crippen LogP contribution in [0.25, 0.3) is 0 Å². The average molecular weight is 213 g/mol. The molecule has 0 bridgehead atoms. The van der Waals surface area contributed by atoms with Gasteiger partial charge in [-0.3, -0.25) is 0 Å². The first-order chi connectivity index (χ1) is 6.79. The maximum Gasteiger partial charge on any atom is 0.232 e. The number of ether oxygens (including phenoxy) is 1. The molecule has 0 radical (unpaired) electrons. The van der Waals surface area contributed by atoms with Gasteiger partial charge in [-0.2, -0.15) is 0 Å². The van der Waals surface area contributed by atoms with Crippen molar-refractivity contribution in [2.24, 2.45) is 11.7 Å². The second-order valence-electron chi connectivity index (χ2n) is 3.60. The fraction of sp³-hybridized carbons (Fsp3) is 0.500. The van der Waals surface area contributed by atoms with E-state index in [0.29, 0.717) is 16.8 Å². The van der Waals surface area contributed by atoms with Gasteiger partial charge in [0, 0.05) is 6.20 Å². The third-order valence-electron chi connectivity index (χ3n) is 2.53. The Hall–Kier alpha value is -0.800. The average Bonchev–Trinajstić information content (AvgIpc) is 2.13. The van der Waals surface area contributed by atoms with Crippen LogP contribution in [0, 0.1) is 5.92 Å². The van der Waals surface area contributed by atoms with Crippen LogP contribution >= 0.6 is 11.6 Å². The number of hydrogen-bond donors (Lipinski definition) is 1. The van der Waals surface area contributed by atoms with Crippen LogP contribution in [0.4, 0.5) is 0 Å². The van der Waals surface area contributed by atoms with Gasteiger partial charge in [0.25, 0.3) is 0 Å². The summed E-state index contributed by atoms with van der Waals surface area (Å²) < 4.78 is 5.61. The Bertz CT molecular complexity index is 313. The lowest BCUT2D eigenvalue weighted by atomic mass is 9.82. The highest BCUT2D eigenvalue weighted by molar-refractivity contribution is 6.31. The van der Waals surface area contributed by atoms with Crippen molar-refractivity contribution < 1.29 is 4.74 Å². The van der Waals surface area contributed by atoms with Crippen molar-refractivity contribution in [2.45, 2.75) is 18.9 Å². The molecule has 1 aliphatic rings. The molecule has 4 heteroatoms. The zero-order chi connectivity index (χ0) is 9.97. The monoisotopic (exact) mass is 212 g/mol. The normalized spacial score (nSPS) is 25.6. The van der Waals surface area contributed by atoms with Crippen LogP contribution in [0.5, 0.6) is 5.88 Å². The lowest BCUT2D eigenvalue weighted by molar-refractivity contribution is 0.0650. The predicted molar refractivity (Wildman–Crippen MR) is 55.4 cm³/mol. The Morgan fingerprint density at radius 2 is 2.36 bits per heavy atom. The smallest absolute Gasteiger partial charge is 0.232 e. The highest BCUT2D eigenvalue weighted by Gasteiger charge is 2.30. The second kappa shape index (κ2) is 4.15. The van der Waals surface area contributed by atoms with Gasteiger partial charge in [-0.25, -0.2) is 4.98 Å². The van der Waals surface area contributed by atoms with Gasteiger partial charge in [-0.05, 0) is 37.4 Å². The standard InChI is InChI=1S/C10H13ClN2O/c11-9-2-1-3-13-10(9)14-8-4-7(5-8)6-12/h1-3,7-8H,4-6,12H2. The van der Waals surface area contributed by atoms with Crippen molar-refractivity contribution in [3.05, 3.63) is 23.4 Å². The first-order valence-corrected chi connectivity index (χ1v) is 5.14. The number of rotatable bonds is 3. The Kier molecular flexibility index (Phi) is 2.89. The zero-order valence-electron chi connectivity index (χ0n) is 7.82. The molecule has 0 amide bonds. The van der Waals surface area contributed by atoms with Crippen molar-refractivity contribution in [1.29, 1.82) is 0 Å². The molecule has 1 aromatic heterocycles. The molecule has 0 saturated heterocycles. The van der Waals surface area contributed by atoms with Crippen molar-refractivity contribution in [1.82, 2.24) is 4.98 Å². The molecule has 76 valence electrons. The first kappa shape index (κ1) is 9.74. The minimum absolute atomic E-state index is 0.246. The van der Waals surface area contributed by atoms with Crippen molar-refractivity contribution >= 4 is 11.6 Å². The van der Waals surface area contributed by atoms with E-state index in [9.17, 15) is 0 Å². The van der Waals surface area contributed by atoms with Crippen molar-refractivity contribution in [3.63, 3.8) is 0 Å². The van der Waals surface area contributed by atoms with E-state index in [2.05, 4.69) is 4.98 Å². The van der Waals surface area contributed by atoms with Gasteiger partial charge in [-0.15, -0.1) is 0 Å². The lowest BCUT2D eigenvalue weighted by Crippen LogP contribution is -2.37. The summed E-state index contributed by atoms with van der Waals surface area (Å²) in [5, 5.41) is 0.573. The Balaban J connectivity index is 1.90. The molecule has 0 atom stereocenters. The maximum absolute atomic E-state index is 5.91. The second-order valence-corrected chi connectivity index (χ2v) is 4.01.